The van der Waals surface area contributed by atoms with E-state index in [1.807, 2.05) is 18.2 Å². The summed E-state index contributed by atoms with van der Waals surface area (Å²) in [6.07, 6.45) is 0. The summed E-state index contributed by atoms with van der Waals surface area (Å²) in [7, 11) is 0. The number of alkyl halides is 1. The summed E-state index contributed by atoms with van der Waals surface area (Å²) in [4.78, 5) is 0. The molecule has 19 heavy (non-hydrogen) atoms. The van der Waals surface area contributed by atoms with Crippen molar-refractivity contribution in [2.45, 2.75) is 11.9 Å². The van der Waals surface area contributed by atoms with Crippen molar-refractivity contribution in [2.75, 3.05) is 0 Å². The average Bonchev–Trinajstić information content (AvgIpc) is 2.39. The zero-order valence-corrected chi connectivity index (χ0v) is 13.7. The van der Waals surface area contributed by atoms with Gasteiger partial charge in [0.1, 0.15) is 18.2 Å². The maximum absolute atomic E-state index is 13.6. The van der Waals surface area contributed by atoms with Crippen LogP contribution >= 0.6 is 43.5 Å². The van der Waals surface area contributed by atoms with Crippen molar-refractivity contribution in [1.82, 2.24) is 0 Å². The third kappa shape index (κ3) is 3.94. The van der Waals surface area contributed by atoms with E-state index in [2.05, 4.69) is 31.9 Å². The maximum Gasteiger partial charge on any atom is 0.134 e. The number of hydrogen-bond donors (Lipinski definition) is 0. The van der Waals surface area contributed by atoms with Crippen molar-refractivity contribution in [3.8, 4) is 5.75 Å². The molecule has 0 unspecified atom stereocenters. The van der Waals surface area contributed by atoms with Gasteiger partial charge in [-0.1, -0.05) is 39.7 Å². The highest BCUT2D eigenvalue weighted by molar-refractivity contribution is 9.10. The van der Waals surface area contributed by atoms with E-state index < -0.39 is 0 Å². The van der Waals surface area contributed by atoms with Crippen LogP contribution in [0.15, 0.2) is 40.9 Å². The van der Waals surface area contributed by atoms with Gasteiger partial charge in [0.2, 0.25) is 0 Å². The van der Waals surface area contributed by atoms with E-state index in [1.54, 1.807) is 12.1 Å². The molecule has 0 aliphatic carbocycles. The van der Waals surface area contributed by atoms with Crippen LogP contribution in [0.5, 0.6) is 5.75 Å². The molecule has 0 fully saturated rings. The Morgan fingerprint density at radius 2 is 1.95 bits per heavy atom. The lowest BCUT2D eigenvalue weighted by molar-refractivity contribution is 0.298. The Kier molecular flexibility index (Phi) is 5.25. The molecule has 2 rings (SSSR count). The minimum absolute atomic E-state index is 0.162. The largest absolute Gasteiger partial charge is 0.488 e. The predicted molar refractivity (Wildman–Crippen MR) is 82.5 cm³/mol. The molecule has 0 spiro atoms. The second-order valence-corrected chi connectivity index (χ2v) is 5.77. The molecule has 100 valence electrons. The summed E-state index contributed by atoms with van der Waals surface area (Å²) in [5, 5.41) is 1.15. The molecule has 0 saturated heterocycles. The Morgan fingerprint density at radius 3 is 2.58 bits per heavy atom. The van der Waals surface area contributed by atoms with E-state index in [0.29, 0.717) is 16.3 Å². The van der Waals surface area contributed by atoms with Gasteiger partial charge in [-0.25, -0.2) is 4.39 Å². The lowest BCUT2D eigenvalue weighted by Crippen LogP contribution is -1.99. The molecule has 0 atom stereocenters. The lowest BCUT2D eigenvalue weighted by Gasteiger charge is -2.10. The summed E-state index contributed by atoms with van der Waals surface area (Å²) in [6.45, 7) is 0.162. The first-order valence-electron chi connectivity index (χ1n) is 5.51. The second-order valence-electron chi connectivity index (χ2n) is 3.92. The smallest absolute Gasteiger partial charge is 0.134 e. The van der Waals surface area contributed by atoms with Crippen molar-refractivity contribution in [3.63, 3.8) is 0 Å². The second kappa shape index (κ2) is 6.73. The first-order valence-corrected chi connectivity index (χ1v) is 7.80. The predicted octanol–water partition coefficient (Wildman–Crippen LogP) is 5.72. The maximum atomic E-state index is 13.6. The highest BCUT2D eigenvalue weighted by Gasteiger charge is 2.06. The number of hydrogen-bond acceptors (Lipinski definition) is 1. The minimum Gasteiger partial charge on any atom is -0.488 e. The third-order valence-electron chi connectivity index (χ3n) is 2.55. The van der Waals surface area contributed by atoms with Gasteiger partial charge >= 0.3 is 0 Å². The first kappa shape index (κ1) is 14.8. The number of halogens is 4. The fourth-order valence-corrected chi connectivity index (χ4v) is 2.59. The molecule has 0 saturated carbocycles. The molecule has 0 bridgehead atoms. The fourth-order valence-electron chi connectivity index (χ4n) is 1.54. The molecule has 0 radical (unpaired) electrons. The van der Waals surface area contributed by atoms with E-state index >= 15 is 0 Å². The minimum atomic E-state index is -0.360. The van der Waals surface area contributed by atoms with Gasteiger partial charge in [-0.3, -0.25) is 0 Å². The van der Waals surface area contributed by atoms with Crippen molar-refractivity contribution < 1.29 is 9.13 Å². The number of ether oxygens (including phenoxy) is 1. The summed E-state index contributed by atoms with van der Waals surface area (Å²) in [5.41, 5.74) is 1.61. The van der Waals surface area contributed by atoms with E-state index in [1.165, 1.54) is 6.07 Å². The van der Waals surface area contributed by atoms with Crippen LogP contribution < -0.4 is 4.74 Å². The molecule has 2 aromatic rings. The van der Waals surface area contributed by atoms with Crippen molar-refractivity contribution in [1.29, 1.82) is 0 Å². The van der Waals surface area contributed by atoms with E-state index in [-0.39, 0.29) is 12.4 Å². The van der Waals surface area contributed by atoms with E-state index in [4.69, 9.17) is 16.3 Å². The third-order valence-corrected chi connectivity index (χ3v) is 4.05. The molecule has 0 amide bonds. The van der Waals surface area contributed by atoms with Gasteiger partial charge in [0.25, 0.3) is 0 Å². The van der Waals surface area contributed by atoms with E-state index in [0.717, 1.165) is 15.4 Å². The molecule has 0 aliphatic rings. The van der Waals surface area contributed by atoms with Crippen molar-refractivity contribution >= 4 is 43.5 Å². The van der Waals surface area contributed by atoms with Gasteiger partial charge < -0.3 is 4.74 Å². The Balaban J connectivity index is 2.10. The molecule has 0 N–H and O–H groups in total. The van der Waals surface area contributed by atoms with Crippen LogP contribution in [-0.2, 0) is 11.9 Å². The standard InChI is InChI=1S/C14H10Br2ClFO/c15-7-9-1-4-14(12(16)5-9)19-8-10-2-3-11(17)6-13(10)18/h1-6H,7-8H2. The van der Waals surface area contributed by atoms with Crippen LogP contribution in [0.4, 0.5) is 4.39 Å². The van der Waals surface area contributed by atoms with Crippen LogP contribution in [0.2, 0.25) is 5.02 Å². The number of rotatable bonds is 4. The molecule has 0 heterocycles. The molecule has 0 aromatic heterocycles. The lowest BCUT2D eigenvalue weighted by atomic mass is 10.2. The van der Waals surface area contributed by atoms with Crippen LogP contribution in [0.3, 0.4) is 0 Å². The topological polar surface area (TPSA) is 9.23 Å². The van der Waals surface area contributed by atoms with Crippen molar-refractivity contribution in [2.24, 2.45) is 0 Å². The molecule has 0 aliphatic heterocycles. The molecular formula is C14H10Br2ClFO. The highest BCUT2D eigenvalue weighted by atomic mass is 79.9. The van der Waals surface area contributed by atoms with Crippen LogP contribution in [-0.4, -0.2) is 0 Å². The summed E-state index contributed by atoms with van der Waals surface area (Å²) in [5.74, 6) is 0.319. The molecular weight excluding hydrogens is 398 g/mol. The van der Waals surface area contributed by atoms with Crippen LogP contribution in [0, 0.1) is 5.82 Å². The van der Waals surface area contributed by atoms with Crippen LogP contribution in [0.25, 0.3) is 0 Å². The zero-order valence-electron chi connectivity index (χ0n) is 9.80. The molecule has 5 heteroatoms. The van der Waals surface area contributed by atoms with Gasteiger partial charge in [0, 0.05) is 15.9 Å². The van der Waals surface area contributed by atoms with E-state index in [9.17, 15) is 4.39 Å². The average molecular weight is 408 g/mol. The Labute approximate surface area is 133 Å². The highest BCUT2D eigenvalue weighted by Crippen LogP contribution is 2.28. The van der Waals surface area contributed by atoms with Gasteiger partial charge in [-0.15, -0.1) is 0 Å². The summed E-state index contributed by atoms with van der Waals surface area (Å²) >= 11 is 12.5. The van der Waals surface area contributed by atoms with Gasteiger partial charge in [0.15, 0.2) is 0 Å². The summed E-state index contributed by atoms with van der Waals surface area (Å²) in [6, 6.07) is 10.3. The number of benzene rings is 2. The fraction of sp³-hybridized carbons (Fsp3) is 0.143. The SMILES string of the molecule is Fc1cc(Cl)ccc1COc1ccc(CBr)cc1Br. The van der Waals surface area contributed by atoms with Crippen molar-refractivity contribution in [3.05, 3.63) is 62.8 Å². The Bertz CT molecular complexity index is 590. The molecule has 2 aromatic carbocycles. The van der Waals surface area contributed by atoms with Gasteiger partial charge in [-0.05, 0) is 45.8 Å². The normalized spacial score (nSPS) is 10.5. The van der Waals surface area contributed by atoms with Gasteiger partial charge in [-0.2, -0.15) is 0 Å². The Morgan fingerprint density at radius 1 is 1.16 bits per heavy atom. The Hall–Kier alpha value is -0.580. The molecule has 1 nitrogen and oxygen atoms in total. The van der Waals surface area contributed by atoms with Gasteiger partial charge in [0.05, 0.1) is 4.47 Å². The van der Waals surface area contributed by atoms with Crippen LogP contribution in [0.1, 0.15) is 11.1 Å². The zero-order chi connectivity index (χ0) is 13.8. The summed E-state index contributed by atoms with van der Waals surface area (Å²) < 4.78 is 20.0. The first-order chi connectivity index (χ1) is 9.10. The quantitative estimate of drug-likeness (QED) is 0.589. The monoisotopic (exact) mass is 406 g/mol.